The molecule has 0 saturated heterocycles. The molecule has 26 heavy (non-hydrogen) atoms. The van der Waals surface area contributed by atoms with Gasteiger partial charge in [0.05, 0.1) is 6.21 Å². The number of hydrogen-bond acceptors (Lipinski definition) is 3. The Morgan fingerprint density at radius 3 is 2.42 bits per heavy atom. The van der Waals surface area contributed by atoms with Crippen molar-refractivity contribution in [2.75, 3.05) is 5.32 Å². The number of carbonyl (C=O) groups is 2. The van der Waals surface area contributed by atoms with Crippen LogP contribution in [-0.4, -0.2) is 18.0 Å². The zero-order chi connectivity index (χ0) is 18.4. The topological polar surface area (TPSA) is 70.6 Å². The van der Waals surface area contributed by atoms with Gasteiger partial charge in [-0.25, -0.2) is 5.43 Å². The summed E-state index contributed by atoms with van der Waals surface area (Å²) >= 11 is 0. The highest BCUT2D eigenvalue weighted by Gasteiger charge is 2.12. The fourth-order valence-electron chi connectivity index (χ4n) is 2.59. The van der Waals surface area contributed by atoms with E-state index >= 15 is 0 Å². The third-order valence-corrected chi connectivity index (χ3v) is 4.02. The van der Waals surface area contributed by atoms with Crippen LogP contribution >= 0.6 is 0 Å². The Morgan fingerprint density at radius 2 is 1.65 bits per heavy atom. The minimum Gasteiger partial charge on any atom is -0.318 e. The van der Waals surface area contributed by atoms with E-state index in [0.29, 0.717) is 5.69 Å². The molecule has 0 heterocycles. The first-order valence-corrected chi connectivity index (χ1v) is 8.38. The van der Waals surface area contributed by atoms with Crippen LogP contribution in [-0.2, 0) is 16.0 Å². The molecule has 5 nitrogen and oxygen atoms in total. The van der Waals surface area contributed by atoms with Gasteiger partial charge in [0.15, 0.2) is 0 Å². The second kappa shape index (κ2) is 8.07. The molecule has 2 amide bonds. The first-order chi connectivity index (χ1) is 12.7. The number of hydrogen-bond donors (Lipinski definition) is 2. The predicted molar refractivity (Wildman–Crippen MR) is 104 cm³/mol. The highest BCUT2D eigenvalue weighted by Crippen LogP contribution is 2.16. The minimum absolute atomic E-state index is 0.570. The number of carbonyl (C=O) groups excluding carboxylic acids is 2. The monoisotopic (exact) mass is 345 g/mol. The Kier molecular flexibility index (Phi) is 5.39. The fraction of sp³-hybridized carbons (Fsp3) is 0.0952. The van der Waals surface area contributed by atoms with Crippen LogP contribution in [0.25, 0.3) is 10.8 Å². The molecule has 3 rings (SSSR count). The molecule has 0 aliphatic heterocycles. The summed E-state index contributed by atoms with van der Waals surface area (Å²) in [5.41, 5.74) is 4.85. The Morgan fingerprint density at radius 1 is 0.923 bits per heavy atom. The smallest absolute Gasteiger partial charge is 0.318 e. The Balaban J connectivity index is 1.62. The summed E-state index contributed by atoms with van der Waals surface area (Å²) in [6.07, 6.45) is 2.45. The fourth-order valence-corrected chi connectivity index (χ4v) is 2.59. The first-order valence-electron chi connectivity index (χ1n) is 8.38. The molecule has 2 N–H and O–H groups in total. The van der Waals surface area contributed by atoms with Gasteiger partial charge in [0, 0.05) is 11.3 Å². The largest absolute Gasteiger partial charge is 0.329 e. The zero-order valence-electron chi connectivity index (χ0n) is 14.4. The maximum absolute atomic E-state index is 11.9. The number of hydrazone groups is 1. The van der Waals surface area contributed by atoms with Gasteiger partial charge < -0.3 is 5.32 Å². The van der Waals surface area contributed by atoms with Crippen LogP contribution in [0.3, 0.4) is 0 Å². The van der Waals surface area contributed by atoms with Crippen LogP contribution in [0, 0.1) is 0 Å². The van der Waals surface area contributed by atoms with E-state index in [1.165, 1.54) is 6.21 Å². The molecule has 0 aliphatic carbocycles. The van der Waals surface area contributed by atoms with Crippen molar-refractivity contribution in [1.29, 1.82) is 0 Å². The van der Waals surface area contributed by atoms with E-state index in [9.17, 15) is 9.59 Å². The number of amides is 2. The van der Waals surface area contributed by atoms with E-state index in [1.54, 1.807) is 12.1 Å². The highest BCUT2D eigenvalue weighted by atomic mass is 16.2. The van der Waals surface area contributed by atoms with Gasteiger partial charge in [0.1, 0.15) is 0 Å². The van der Waals surface area contributed by atoms with Gasteiger partial charge in [-0.1, -0.05) is 61.5 Å². The van der Waals surface area contributed by atoms with Crippen molar-refractivity contribution in [1.82, 2.24) is 5.43 Å². The maximum atomic E-state index is 11.9. The molecule has 0 bridgehead atoms. The number of aryl methyl sites for hydroxylation is 1. The van der Waals surface area contributed by atoms with E-state index in [1.807, 2.05) is 54.6 Å². The van der Waals surface area contributed by atoms with E-state index in [-0.39, 0.29) is 0 Å². The molecule has 3 aromatic rings. The van der Waals surface area contributed by atoms with Crippen LogP contribution in [0.2, 0.25) is 0 Å². The van der Waals surface area contributed by atoms with Gasteiger partial charge >= 0.3 is 11.8 Å². The van der Waals surface area contributed by atoms with Crippen molar-refractivity contribution in [2.24, 2.45) is 5.10 Å². The lowest BCUT2D eigenvalue weighted by Crippen LogP contribution is -2.32. The standard InChI is InChI=1S/C21H19N3O2/c1-2-15-10-12-18(13-11-15)23-20(25)21(26)24-22-14-17-8-5-7-16-6-3-4-9-19(16)17/h3-14H,2H2,1H3,(H,23,25)(H,24,26)/b22-14-. The van der Waals surface area contributed by atoms with Crippen molar-refractivity contribution in [3.8, 4) is 0 Å². The SMILES string of the molecule is CCc1ccc(NC(=O)C(=O)N/N=C\c2cccc3ccccc23)cc1. The van der Waals surface area contributed by atoms with Crippen molar-refractivity contribution in [2.45, 2.75) is 13.3 Å². The molecular weight excluding hydrogens is 326 g/mol. The molecule has 5 heteroatoms. The van der Waals surface area contributed by atoms with Gasteiger partial charge in [-0.2, -0.15) is 5.10 Å². The Hall–Kier alpha value is -3.47. The van der Waals surface area contributed by atoms with E-state index in [4.69, 9.17) is 0 Å². The molecule has 0 atom stereocenters. The van der Waals surface area contributed by atoms with E-state index < -0.39 is 11.8 Å². The zero-order valence-corrected chi connectivity index (χ0v) is 14.4. The second-order valence-corrected chi connectivity index (χ2v) is 5.77. The second-order valence-electron chi connectivity index (χ2n) is 5.77. The molecule has 0 aliphatic rings. The van der Waals surface area contributed by atoms with Gasteiger partial charge in [0.25, 0.3) is 0 Å². The van der Waals surface area contributed by atoms with E-state index in [2.05, 4.69) is 22.8 Å². The van der Waals surface area contributed by atoms with Crippen molar-refractivity contribution >= 4 is 34.5 Å². The van der Waals surface area contributed by atoms with Crippen LogP contribution in [0.1, 0.15) is 18.1 Å². The maximum Gasteiger partial charge on any atom is 0.329 e. The quantitative estimate of drug-likeness (QED) is 0.432. The van der Waals surface area contributed by atoms with Crippen molar-refractivity contribution in [3.05, 3.63) is 77.9 Å². The minimum atomic E-state index is -0.818. The normalized spacial score (nSPS) is 10.8. The average Bonchev–Trinajstić information content (AvgIpc) is 2.68. The molecule has 0 spiro atoms. The number of benzene rings is 3. The molecule has 0 fully saturated rings. The third-order valence-electron chi connectivity index (χ3n) is 4.02. The summed E-state index contributed by atoms with van der Waals surface area (Å²) < 4.78 is 0. The first kappa shape index (κ1) is 17.4. The highest BCUT2D eigenvalue weighted by molar-refractivity contribution is 6.39. The number of nitrogens with one attached hydrogen (secondary N) is 2. The molecular formula is C21H19N3O2. The molecule has 0 unspecified atom stereocenters. The van der Waals surface area contributed by atoms with Crippen molar-refractivity contribution < 1.29 is 9.59 Å². The molecule has 0 radical (unpaired) electrons. The number of rotatable bonds is 4. The lowest BCUT2D eigenvalue weighted by atomic mass is 10.1. The number of anilines is 1. The van der Waals surface area contributed by atoms with Gasteiger partial charge in [-0.05, 0) is 34.9 Å². The lowest BCUT2D eigenvalue weighted by Gasteiger charge is -2.05. The van der Waals surface area contributed by atoms with Gasteiger partial charge in [0.2, 0.25) is 0 Å². The third kappa shape index (κ3) is 4.13. The average molecular weight is 345 g/mol. The number of nitrogens with zero attached hydrogens (tertiary/aromatic N) is 1. The van der Waals surface area contributed by atoms with Crippen LogP contribution < -0.4 is 10.7 Å². The number of fused-ring (bicyclic) bond motifs is 1. The summed E-state index contributed by atoms with van der Waals surface area (Å²) in [7, 11) is 0. The summed E-state index contributed by atoms with van der Waals surface area (Å²) in [6.45, 7) is 2.05. The molecule has 130 valence electrons. The Labute approximate surface area is 151 Å². The molecule has 0 saturated carbocycles. The van der Waals surface area contributed by atoms with Crippen LogP contribution in [0.15, 0.2) is 71.8 Å². The van der Waals surface area contributed by atoms with E-state index in [0.717, 1.165) is 28.3 Å². The summed E-state index contributed by atoms with van der Waals surface area (Å²) in [6, 6.07) is 21.0. The van der Waals surface area contributed by atoms with Crippen LogP contribution in [0.5, 0.6) is 0 Å². The molecule has 3 aromatic carbocycles. The summed E-state index contributed by atoms with van der Waals surface area (Å²) in [5, 5.41) is 8.54. The van der Waals surface area contributed by atoms with Gasteiger partial charge in [-0.3, -0.25) is 9.59 Å². The van der Waals surface area contributed by atoms with Crippen LogP contribution in [0.4, 0.5) is 5.69 Å². The summed E-state index contributed by atoms with van der Waals surface area (Å²) in [4.78, 5) is 23.8. The van der Waals surface area contributed by atoms with Crippen molar-refractivity contribution in [3.63, 3.8) is 0 Å². The summed E-state index contributed by atoms with van der Waals surface area (Å²) in [5.74, 6) is -1.58. The molecule has 0 aromatic heterocycles. The van der Waals surface area contributed by atoms with Gasteiger partial charge in [-0.15, -0.1) is 0 Å². The Bertz CT molecular complexity index is 957. The predicted octanol–water partition coefficient (Wildman–Crippen LogP) is 3.49. The lowest BCUT2D eigenvalue weighted by molar-refractivity contribution is -0.136.